The van der Waals surface area contributed by atoms with E-state index < -0.39 is 5.97 Å². The molecule has 0 radical (unpaired) electrons. The minimum atomic E-state index is -0.986. The summed E-state index contributed by atoms with van der Waals surface area (Å²) in [4.78, 5) is 25.7. The first-order chi connectivity index (χ1) is 13.6. The molecule has 3 heterocycles. The molecule has 1 fully saturated rings. The fourth-order valence-electron chi connectivity index (χ4n) is 3.65. The molecule has 0 spiro atoms. The van der Waals surface area contributed by atoms with Crippen molar-refractivity contribution >= 4 is 18.0 Å². The maximum Gasteiger partial charge on any atom is 0.338 e. The van der Waals surface area contributed by atoms with Gasteiger partial charge in [0, 0.05) is 24.8 Å². The number of aromatic nitrogens is 2. The van der Waals surface area contributed by atoms with Gasteiger partial charge in [0.1, 0.15) is 6.61 Å². The van der Waals surface area contributed by atoms with E-state index in [0.717, 1.165) is 18.4 Å². The van der Waals surface area contributed by atoms with Gasteiger partial charge in [0.15, 0.2) is 11.5 Å². The first-order valence-corrected chi connectivity index (χ1v) is 9.14. The van der Waals surface area contributed by atoms with Crippen molar-refractivity contribution in [2.24, 2.45) is 0 Å². The van der Waals surface area contributed by atoms with E-state index in [4.69, 9.17) is 14.6 Å². The van der Waals surface area contributed by atoms with Crippen LogP contribution in [0.2, 0.25) is 0 Å². The van der Waals surface area contributed by atoms with Crippen LogP contribution >= 0.6 is 0 Å². The Hall–Kier alpha value is -3.29. The highest BCUT2D eigenvalue weighted by Gasteiger charge is 2.28. The van der Waals surface area contributed by atoms with Crippen molar-refractivity contribution in [2.75, 3.05) is 26.8 Å². The van der Waals surface area contributed by atoms with Crippen LogP contribution in [0, 0.1) is 0 Å². The van der Waals surface area contributed by atoms with Gasteiger partial charge in [-0.2, -0.15) is 5.10 Å². The average molecular weight is 383 g/mol. The Labute approximate surface area is 162 Å². The van der Waals surface area contributed by atoms with Crippen molar-refractivity contribution < 1.29 is 24.2 Å². The number of ether oxygens (including phenoxy) is 2. The van der Waals surface area contributed by atoms with E-state index in [9.17, 15) is 9.59 Å². The SMILES string of the molecule is COc1cccc2c1OCC(C(=O)N1CCC(n3cc(C(=O)O)cn3)CC1)=C2. The van der Waals surface area contributed by atoms with Crippen molar-refractivity contribution in [1.82, 2.24) is 14.7 Å². The average Bonchev–Trinajstić information content (AvgIpc) is 3.23. The van der Waals surface area contributed by atoms with Crippen LogP contribution in [0.15, 0.2) is 36.2 Å². The normalized spacial score (nSPS) is 16.8. The lowest BCUT2D eigenvalue weighted by molar-refractivity contribution is -0.128. The lowest BCUT2D eigenvalue weighted by atomic mass is 10.0. The molecule has 1 saturated heterocycles. The molecule has 2 aromatic rings. The molecule has 1 amide bonds. The Morgan fingerprint density at radius 2 is 2.07 bits per heavy atom. The Kier molecular flexibility index (Phi) is 4.77. The molecule has 4 rings (SSSR count). The molecule has 0 saturated carbocycles. The molecule has 0 bridgehead atoms. The number of benzene rings is 1. The molecule has 1 aromatic heterocycles. The van der Waals surface area contributed by atoms with Crippen LogP contribution in [-0.4, -0.2) is 58.5 Å². The van der Waals surface area contributed by atoms with Gasteiger partial charge in [0.05, 0.1) is 30.5 Å². The van der Waals surface area contributed by atoms with Gasteiger partial charge >= 0.3 is 5.97 Å². The van der Waals surface area contributed by atoms with E-state index in [2.05, 4.69) is 5.10 Å². The highest BCUT2D eigenvalue weighted by Crippen LogP contribution is 2.36. The predicted octanol–water partition coefficient (Wildman–Crippen LogP) is 2.23. The van der Waals surface area contributed by atoms with Crippen molar-refractivity contribution in [2.45, 2.75) is 18.9 Å². The van der Waals surface area contributed by atoms with Crippen LogP contribution in [0.4, 0.5) is 0 Å². The molecule has 2 aliphatic rings. The van der Waals surface area contributed by atoms with Crippen LogP contribution in [0.1, 0.15) is 34.8 Å². The fourth-order valence-corrected chi connectivity index (χ4v) is 3.65. The molecule has 0 atom stereocenters. The minimum Gasteiger partial charge on any atom is -0.493 e. The Bertz CT molecular complexity index is 941. The first-order valence-electron chi connectivity index (χ1n) is 9.14. The summed E-state index contributed by atoms with van der Waals surface area (Å²) < 4.78 is 12.8. The highest BCUT2D eigenvalue weighted by molar-refractivity contribution is 5.99. The molecule has 28 heavy (non-hydrogen) atoms. The zero-order chi connectivity index (χ0) is 19.7. The second-order valence-corrected chi connectivity index (χ2v) is 6.87. The van der Waals surface area contributed by atoms with Gasteiger partial charge in [-0.05, 0) is 25.0 Å². The van der Waals surface area contributed by atoms with Gasteiger partial charge in [0.2, 0.25) is 0 Å². The van der Waals surface area contributed by atoms with Crippen LogP contribution in [0.5, 0.6) is 11.5 Å². The number of fused-ring (bicyclic) bond motifs is 1. The van der Waals surface area contributed by atoms with Gasteiger partial charge in [-0.25, -0.2) is 4.79 Å². The summed E-state index contributed by atoms with van der Waals surface area (Å²) in [5.74, 6) is 0.299. The summed E-state index contributed by atoms with van der Waals surface area (Å²) in [5.41, 5.74) is 1.63. The molecule has 2 aliphatic heterocycles. The highest BCUT2D eigenvalue weighted by atomic mass is 16.5. The van der Waals surface area contributed by atoms with Crippen molar-refractivity contribution in [3.8, 4) is 11.5 Å². The monoisotopic (exact) mass is 383 g/mol. The van der Waals surface area contributed by atoms with Crippen LogP contribution in [-0.2, 0) is 4.79 Å². The number of para-hydroxylation sites is 1. The summed E-state index contributed by atoms with van der Waals surface area (Å²) in [5, 5.41) is 13.2. The fraction of sp³-hybridized carbons (Fsp3) is 0.350. The number of likely N-dealkylation sites (tertiary alicyclic amines) is 1. The van der Waals surface area contributed by atoms with Crippen LogP contribution in [0.25, 0.3) is 6.08 Å². The third-order valence-corrected chi connectivity index (χ3v) is 5.18. The molecular weight excluding hydrogens is 362 g/mol. The van der Waals surface area contributed by atoms with E-state index in [1.165, 1.54) is 6.20 Å². The van der Waals surface area contributed by atoms with Gasteiger partial charge in [-0.3, -0.25) is 9.48 Å². The molecule has 146 valence electrons. The van der Waals surface area contributed by atoms with Crippen molar-refractivity contribution in [3.05, 3.63) is 47.3 Å². The lowest BCUT2D eigenvalue weighted by Crippen LogP contribution is -2.41. The zero-order valence-corrected chi connectivity index (χ0v) is 15.5. The third-order valence-electron chi connectivity index (χ3n) is 5.18. The second kappa shape index (κ2) is 7.38. The summed E-state index contributed by atoms with van der Waals surface area (Å²) in [7, 11) is 1.59. The van der Waals surface area contributed by atoms with Crippen molar-refractivity contribution in [3.63, 3.8) is 0 Å². The minimum absolute atomic E-state index is 0.0291. The van der Waals surface area contributed by atoms with Crippen LogP contribution in [0.3, 0.4) is 0 Å². The van der Waals surface area contributed by atoms with Gasteiger partial charge in [-0.1, -0.05) is 12.1 Å². The largest absolute Gasteiger partial charge is 0.493 e. The van der Waals surface area contributed by atoms with E-state index >= 15 is 0 Å². The Balaban J connectivity index is 1.42. The maximum absolute atomic E-state index is 12.9. The van der Waals surface area contributed by atoms with E-state index in [-0.39, 0.29) is 24.1 Å². The zero-order valence-electron chi connectivity index (χ0n) is 15.5. The number of rotatable bonds is 4. The smallest absolute Gasteiger partial charge is 0.338 e. The van der Waals surface area contributed by atoms with Crippen molar-refractivity contribution in [1.29, 1.82) is 0 Å². The Morgan fingerprint density at radius 3 is 2.75 bits per heavy atom. The lowest BCUT2D eigenvalue weighted by Gasteiger charge is -2.33. The first kappa shape index (κ1) is 18.1. The molecule has 8 heteroatoms. The number of hydrogen-bond donors (Lipinski definition) is 1. The summed E-state index contributed by atoms with van der Waals surface area (Å²) >= 11 is 0. The Morgan fingerprint density at radius 1 is 1.29 bits per heavy atom. The molecule has 8 nitrogen and oxygen atoms in total. The number of methoxy groups -OCH3 is 1. The topological polar surface area (TPSA) is 93.9 Å². The van der Waals surface area contributed by atoms with Gasteiger partial charge in [-0.15, -0.1) is 0 Å². The number of carboxylic acids is 1. The number of aromatic carboxylic acids is 1. The molecule has 0 aliphatic carbocycles. The standard InChI is InChI=1S/C20H21N3O5/c1-27-17-4-2-3-13-9-14(12-28-18(13)17)19(24)22-7-5-16(6-8-22)23-11-15(10-21-23)20(25)26/h2-4,9-11,16H,5-8,12H2,1H3,(H,25,26). The molecule has 0 unspecified atom stereocenters. The van der Waals surface area contributed by atoms with E-state index in [0.29, 0.717) is 30.2 Å². The quantitative estimate of drug-likeness (QED) is 0.870. The third kappa shape index (κ3) is 3.33. The second-order valence-electron chi connectivity index (χ2n) is 6.87. The molecule has 1 aromatic carbocycles. The molecular formula is C20H21N3O5. The number of amides is 1. The van der Waals surface area contributed by atoms with Gasteiger partial charge < -0.3 is 19.5 Å². The maximum atomic E-state index is 12.9. The van der Waals surface area contributed by atoms with E-state index in [1.807, 2.05) is 29.2 Å². The summed E-state index contributed by atoms with van der Waals surface area (Å²) in [6, 6.07) is 5.69. The van der Waals surface area contributed by atoms with Crippen LogP contribution < -0.4 is 9.47 Å². The summed E-state index contributed by atoms with van der Waals surface area (Å²) in [6.45, 7) is 1.40. The summed E-state index contributed by atoms with van der Waals surface area (Å²) in [6.07, 6.45) is 6.22. The number of hydrogen-bond acceptors (Lipinski definition) is 5. The number of piperidine rings is 1. The predicted molar refractivity (Wildman–Crippen MR) is 101 cm³/mol. The number of nitrogens with zero attached hydrogens (tertiary/aromatic N) is 3. The van der Waals surface area contributed by atoms with E-state index in [1.54, 1.807) is 18.0 Å². The molecule has 1 N–H and O–H groups in total. The number of carbonyl (C=O) groups is 2. The number of carbonyl (C=O) groups excluding carboxylic acids is 1. The number of carboxylic acid groups (broad SMARTS) is 1. The van der Waals surface area contributed by atoms with Gasteiger partial charge in [0.25, 0.3) is 5.91 Å².